The predicted molar refractivity (Wildman–Crippen MR) is 71.4 cm³/mol. The molecule has 0 fully saturated rings. The first-order valence-corrected chi connectivity index (χ1v) is 6.72. The molecule has 0 aliphatic rings. The van der Waals surface area contributed by atoms with E-state index < -0.39 is 0 Å². The Morgan fingerprint density at radius 3 is 2.18 bits per heavy atom. The molecule has 0 aromatic rings. The third-order valence-corrected chi connectivity index (χ3v) is 2.16. The maximum Gasteiger partial charge on any atom is 0.0787 e. The molecule has 0 N–H and O–H groups in total. The van der Waals surface area contributed by atoms with Gasteiger partial charge in [0.25, 0.3) is 0 Å². The molecule has 0 amide bonds. The first kappa shape index (κ1) is 16.9. The molecule has 17 heavy (non-hydrogen) atoms. The van der Waals surface area contributed by atoms with E-state index in [2.05, 4.69) is 27.7 Å². The van der Waals surface area contributed by atoms with E-state index in [0.29, 0.717) is 13.2 Å². The molecule has 0 radical (unpaired) electrons. The SMILES string of the molecule is CCCCOCC(C)OCC(C)OC(C)(C)C. The Kier molecular flexibility index (Phi) is 8.83. The highest BCUT2D eigenvalue weighted by Crippen LogP contribution is 2.11. The number of hydrogen-bond donors (Lipinski definition) is 0. The fourth-order valence-electron chi connectivity index (χ4n) is 1.48. The van der Waals surface area contributed by atoms with Crippen LogP contribution in [0.3, 0.4) is 0 Å². The van der Waals surface area contributed by atoms with E-state index in [1.54, 1.807) is 0 Å². The van der Waals surface area contributed by atoms with Crippen molar-refractivity contribution < 1.29 is 14.2 Å². The summed E-state index contributed by atoms with van der Waals surface area (Å²) in [4.78, 5) is 0. The highest BCUT2D eigenvalue weighted by atomic mass is 16.6. The van der Waals surface area contributed by atoms with E-state index in [-0.39, 0.29) is 17.8 Å². The minimum atomic E-state index is -0.107. The van der Waals surface area contributed by atoms with Crippen LogP contribution in [0.25, 0.3) is 0 Å². The van der Waals surface area contributed by atoms with Crippen LogP contribution in [0.5, 0.6) is 0 Å². The number of hydrogen-bond acceptors (Lipinski definition) is 3. The fourth-order valence-corrected chi connectivity index (χ4v) is 1.48. The lowest BCUT2D eigenvalue weighted by Crippen LogP contribution is -2.30. The highest BCUT2D eigenvalue weighted by molar-refractivity contribution is 4.63. The third kappa shape index (κ3) is 12.1. The second kappa shape index (κ2) is 8.90. The van der Waals surface area contributed by atoms with Gasteiger partial charge in [-0.1, -0.05) is 13.3 Å². The van der Waals surface area contributed by atoms with Crippen LogP contribution in [-0.4, -0.2) is 37.6 Å². The molecule has 0 saturated heterocycles. The molecule has 0 aromatic heterocycles. The zero-order chi connectivity index (χ0) is 13.3. The van der Waals surface area contributed by atoms with E-state index in [4.69, 9.17) is 14.2 Å². The van der Waals surface area contributed by atoms with Crippen LogP contribution in [0.4, 0.5) is 0 Å². The van der Waals surface area contributed by atoms with Gasteiger partial charge in [-0.3, -0.25) is 0 Å². The maximum absolute atomic E-state index is 5.77. The van der Waals surface area contributed by atoms with Crippen LogP contribution < -0.4 is 0 Å². The van der Waals surface area contributed by atoms with Crippen molar-refractivity contribution in [3.05, 3.63) is 0 Å². The van der Waals surface area contributed by atoms with Gasteiger partial charge in [0.05, 0.1) is 31.0 Å². The summed E-state index contributed by atoms with van der Waals surface area (Å²) in [6, 6.07) is 0. The van der Waals surface area contributed by atoms with Crippen molar-refractivity contribution >= 4 is 0 Å². The summed E-state index contributed by atoms with van der Waals surface area (Å²) >= 11 is 0. The smallest absolute Gasteiger partial charge is 0.0787 e. The minimum Gasteiger partial charge on any atom is -0.379 e. The zero-order valence-electron chi connectivity index (χ0n) is 12.4. The quantitative estimate of drug-likeness (QED) is 0.583. The summed E-state index contributed by atoms with van der Waals surface area (Å²) in [6.45, 7) is 14.5. The molecule has 0 aromatic carbocycles. The molecule has 0 saturated carbocycles. The monoisotopic (exact) mass is 246 g/mol. The Balaban J connectivity index is 3.52. The van der Waals surface area contributed by atoms with Crippen molar-refractivity contribution in [3.63, 3.8) is 0 Å². The van der Waals surface area contributed by atoms with Crippen LogP contribution in [-0.2, 0) is 14.2 Å². The van der Waals surface area contributed by atoms with Gasteiger partial charge in [0, 0.05) is 6.61 Å². The Bertz CT molecular complexity index is 175. The molecular formula is C14H30O3. The number of ether oxygens (including phenoxy) is 3. The lowest BCUT2D eigenvalue weighted by Gasteiger charge is -2.26. The Morgan fingerprint density at radius 2 is 1.65 bits per heavy atom. The average Bonchev–Trinajstić information content (AvgIpc) is 2.19. The Labute approximate surface area is 107 Å². The number of unbranched alkanes of at least 4 members (excludes halogenated alkanes) is 1. The van der Waals surface area contributed by atoms with Gasteiger partial charge in [0.1, 0.15) is 0 Å². The molecular weight excluding hydrogens is 216 g/mol. The lowest BCUT2D eigenvalue weighted by atomic mass is 10.2. The highest BCUT2D eigenvalue weighted by Gasteiger charge is 2.16. The molecule has 0 aliphatic carbocycles. The normalized spacial score (nSPS) is 15.9. The van der Waals surface area contributed by atoms with Gasteiger partial charge in [-0.2, -0.15) is 0 Å². The largest absolute Gasteiger partial charge is 0.379 e. The molecule has 0 aliphatic heterocycles. The van der Waals surface area contributed by atoms with Crippen molar-refractivity contribution in [1.82, 2.24) is 0 Å². The average molecular weight is 246 g/mol. The molecule has 0 heterocycles. The fraction of sp³-hybridized carbons (Fsp3) is 1.00. The summed E-state index contributed by atoms with van der Waals surface area (Å²) < 4.78 is 16.9. The molecule has 2 atom stereocenters. The van der Waals surface area contributed by atoms with Crippen LogP contribution in [0.15, 0.2) is 0 Å². The second-order valence-electron chi connectivity index (χ2n) is 5.61. The molecule has 0 rings (SSSR count). The van der Waals surface area contributed by atoms with Gasteiger partial charge < -0.3 is 14.2 Å². The zero-order valence-corrected chi connectivity index (χ0v) is 12.4. The number of rotatable bonds is 9. The van der Waals surface area contributed by atoms with E-state index in [0.717, 1.165) is 13.0 Å². The van der Waals surface area contributed by atoms with Crippen molar-refractivity contribution in [2.45, 2.75) is 72.2 Å². The van der Waals surface area contributed by atoms with Crippen molar-refractivity contribution in [3.8, 4) is 0 Å². The molecule has 104 valence electrons. The molecule has 3 nitrogen and oxygen atoms in total. The van der Waals surface area contributed by atoms with Crippen LogP contribution in [0, 0.1) is 0 Å². The Hall–Kier alpha value is -0.120. The Morgan fingerprint density at radius 1 is 1.00 bits per heavy atom. The van der Waals surface area contributed by atoms with Crippen LogP contribution >= 0.6 is 0 Å². The summed E-state index contributed by atoms with van der Waals surface area (Å²) in [5, 5.41) is 0. The molecule has 3 heteroatoms. The first-order chi connectivity index (χ1) is 7.85. The van der Waals surface area contributed by atoms with Crippen LogP contribution in [0.2, 0.25) is 0 Å². The van der Waals surface area contributed by atoms with Gasteiger partial charge in [-0.15, -0.1) is 0 Å². The van der Waals surface area contributed by atoms with E-state index in [1.165, 1.54) is 6.42 Å². The van der Waals surface area contributed by atoms with Crippen LogP contribution in [0.1, 0.15) is 54.4 Å². The summed E-state index contributed by atoms with van der Waals surface area (Å²) in [5.74, 6) is 0. The van der Waals surface area contributed by atoms with Crippen molar-refractivity contribution in [1.29, 1.82) is 0 Å². The summed E-state index contributed by atoms with van der Waals surface area (Å²) in [6.07, 6.45) is 2.55. The molecule has 0 spiro atoms. The third-order valence-electron chi connectivity index (χ3n) is 2.16. The van der Waals surface area contributed by atoms with Gasteiger partial charge in [0.15, 0.2) is 0 Å². The second-order valence-corrected chi connectivity index (χ2v) is 5.61. The van der Waals surface area contributed by atoms with Crippen molar-refractivity contribution in [2.24, 2.45) is 0 Å². The van der Waals surface area contributed by atoms with E-state index in [9.17, 15) is 0 Å². The standard InChI is InChI=1S/C14H30O3/c1-7-8-9-15-10-12(2)16-11-13(3)17-14(4,5)6/h12-13H,7-11H2,1-6H3. The topological polar surface area (TPSA) is 27.7 Å². The van der Waals surface area contributed by atoms with Crippen molar-refractivity contribution in [2.75, 3.05) is 19.8 Å². The lowest BCUT2D eigenvalue weighted by molar-refractivity contribution is -0.104. The van der Waals surface area contributed by atoms with E-state index in [1.807, 2.05) is 13.8 Å². The maximum atomic E-state index is 5.77. The molecule has 2 unspecified atom stereocenters. The minimum absolute atomic E-state index is 0.107. The van der Waals surface area contributed by atoms with Gasteiger partial charge in [-0.25, -0.2) is 0 Å². The van der Waals surface area contributed by atoms with Gasteiger partial charge >= 0.3 is 0 Å². The first-order valence-electron chi connectivity index (χ1n) is 6.72. The summed E-state index contributed by atoms with van der Waals surface area (Å²) in [5.41, 5.74) is -0.107. The summed E-state index contributed by atoms with van der Waals surface area (Å²) in [7, 11) is 0. The van der Waals surface area contributed by atoms with Gasteiger partial charge in [-0.05, 0) is 41.0 Å². The molecule has 0 bridgehead atoms. The predicted octanol–water partition coefficient (Wildman–Crippen LogP) is 3.41. The van der Waals surface area contributed by atoms with Gasteiger partial charge in [0.2, 0.25) is 0 Å². The van der Waals surface area contributed by atoms with E-state index >= 15 is 0 Å².